The van der Waals surface area contributed by atoms with Crippen LogP contribution in [0.3, 0.4) is 0 Å². The van der Waals surface area contributed by atoms with Gasteiger partial charge in [-0.25, -0.2) is 4.79 Å². The number of carboxylic acids is 1. The highest BCUT2D eigenvalue weighted by Crippen LogP contribution is 2.44. The van der Waals surface area contributed by atoms with E-state index < -0.39 is 72.5 Å². The molecule has 2 N–H and O–H groups in total. The van der Waals surface area contributed by atoms with Gasteiger partial charge in [-0.15, -0.1) is 0 Å². The first-order chi connectivity index (χ1) is 20.0. The van der Waals surface area contributed by atoms with Gasteiger partial charge in [0.15, 0.2) is 0 Å². The standard InChI is InChI=1S/C31H36F6N2O4/c1-5-29(6-2,31(35,36)37)28(43)38-25(27(41)42)18-22-11-7-10-21(15-22)17-24(19-40)26(30(32,33)34)23-12-8-9-20(16-23)13-14-39(3)4/h7-12,15-16,19,25H,5-6,13-14,17-18H2,1-4H3,(H,38,43)(H,41,42)/b26-24+/t25-/m0/s1. The molecule has 0 saturated carbocycles. The molecular formula is C31H36F6N2O4. The molecule has 0 aliphatic heterocycles. The Balaban J connectivity index is 2.42. The highest BCUT2D eigenvalue weighted by molar-refractivity contribution is 5.91. The summed E-state index contributed by atoms with van der Waals surface area (Å²) in [6.45, 7) is 2.97. The lowest BCUT2D eigenvalue weighted by molar-refractivity contribution is -0.224. The summed E-state index contributed by atoms with van der Waals surface area (Å²) in [7, 11) is 3.67. The zero-order valence-electron chi connectivity index (χ0n) is 24.4. The van der Waals surface area contributed by atoms with Gasteiger partial charge in [0, 0.05) is 25.0 Å². The molecule has 6 nitrogen and oxygen atoms in total. The topological polar surface area (TPSA) is 86.7 Å². The maximum Gasteiger partial charge on any atom is 0.417 e. The van der Waals surface area contributed by atoms with E-state index in [-0.39, 0.29) is 23.0 Å². The Bertz CT molecular complexity index is 1310. The summed E-state index contributed by atoms with van der Waals surface area (Å²) in [5.41, 5.74) is -3.45. The quantitative estimate of drug-likeness (QED) is 0.154. The van der Waals surface area contributed by atoms with Crippen LogP contribution in [0.1, 0.15) is 48.9 Å². The molecule has 0 bridgehead atoms. The Morgan fingerprint density at radius 2 is 1.51 bits per heavy atom. The van der Waals surface area contributed by atoms with Crippen LogP contribution in [0.2, 0.25) is 0 Å². The van der Waals surface area contributed by atoms with Crippen LogP contribution < -0.4 is 5.32 Å². The Kier molecular flexibility index (Phi) is 12.1. The molecule has 0 aliphatic carbocycles. The van der Waals surface area contributed by atoms with Crippen molar-refractivity contribution in [1.82, 2.24) is 10.2 Å². The van der Waals surface area contributed by atoms with Crippen molar-refractivity contribution in [3.8, 4) is 0 Å². The van der Waals surface area contributed by atoms with Gasteiger partial charge < -0.3 is 15.3 Å². The SMILES string of the molecule is CCC(CC)(C(=O)N[C@@H](Cc1cccc(C/C(C=O)=C(/c2cccc(CCN(C)C)c2)C(F)(F)F)c1)C(=O)O)C(F)(F)F. The molecular weight excluding hydrogens is 578 g/mol. The molecule has 0 spiro atoms. The van der Waals surface area contributed by atoms with Gasteiger partial charge in [-0.2, -0.15) is 26.3 Å². The van der Waals surface area contributed by atoms with Gasteiger partial charge in [-0.05, 0) is 55.6 Å². The minimum atomic E-state index is -4.91. The average Bonchev–Trinajstić information content (AvgIpc) is 2.91. The zero-order chi connectivity index (χ0) is 32.6. The van der Waals surface area contributed by atoms with Crippen LogP contribution in [-0.4, -0.2) is 67.2 Å². The number of allylic oxidation sites excluding steroid dienone is 2. The number of carboxylic acid groups (broad SMARTS) is 1. The molecule has 2 aromatic carbocycles. The van der Waals surface area contributed by atoms with Gasteiger partial charge in [0.05, 0.1) is 5.57 Å². The van der Waals surface area contributed by atoms with E-state index in [1.54, 1.807) is 6.07 Å². The molecule has 0 radical (unpaired) electrons. The van der Waals surface area contributed by atoms with Crippen LogP contribution >= 0.6 is 0 Å². The Labute approximate surface area is 246 Å². The number of benzene rings is 2. The van der Waals surface area contributed by atoms with Crippen molar-refractivity contribution in [2.24, 2.45) is 5.41 Å². The summed E-state index contributed by atoms with van der Waals surface area (Å²) in [5.74, 6) is -3.05. The summed E-state index contributed by atoms with van der Waals surface area (Å²) in [6.07, 6.45) is -11.2. The molecule has 0 aromatic heterocycles. The van der Waals surface area contributed by atoms with Crippen LogP contribution in [0, 0.1) is 5.41 Å². The first-order valence-electron chi connectivity index (χ1n) is 13.7. The molecule has 43 heavy (non-hydrogen) atoms. The van der Waals surface area contributed by atoms with Crippen LogP contribution in [0.25, 0.3) is 5.57 Å². The predicted octanol–water partition coefficient (Wildman–Crippen LogP) is 6.03. The van der Waals surface area contributed by atoms with Crippen molar-refractivity contribution in [3.63, 3.8) is 0 Å². The number of halogens is 6. The van der Waals surface area contributed by atoms with E-state index in [1.165, 1.54) is 56.3 Å². The minimum Gasteiger partial charge on any atom is -0.480 e. The number of nitrogens with zero attached hydrogens (tertiary/aromatic N) is 1. The number of aldehydes is 1. The molecule has 2 rings (SSSR count). The number of hydrogen-bond acceptors (Lipinski definition) is 4. The van der Waals surface area contributed by atoms with Crippen LogP contribution in [-0.2, 0) is 33.6 Å². The van der Waals surface area contributed by atoms with Gasteiger partial charge in [-0.1, -0.05) is 62.4 Å². The second-order valence-corrected chi connectivity index (χ2v) is 10.6. The number of amides is 1. The van der Waals surface area contributed by atoms with Crippen molar-refractivity contribution in [3.05, 3.63) is 76.4 Å². The summed E-state index contributed by atoms with van der Waals surface area (Å²) < 4.78 is 84.1. The summed E-state index contributed by atoms with van der Waals surface area (Å²) >= 11 is 0. The Morgan fingerprint density at radius 3 is 2.02 bits per heavy atom. The van der Waals surface area contributed by atoms with Crippen LogP contribution in [0.5, 0.6) is 0 Å². The maximum absolute atomic E-state index is 14.3. The van der Waals surface area contributed by atoms with Crippen molar-refractivity contribution in [2.75, 3.05) is 20.6 Å². The molecule has 0 unspecified atom stereocenters. The van der Waals surface area contributed by atoms with E-state index in [0.29, 0.717) is 18.5 Å². The number of carbonyl (C=O) groups excluding carboxylic acids is 2. The number of nitrogens with one attached hydrogen (secondary N) is 1. The van der Waals surface area contributed by atoms with E-state index in [9.17, 15) is 45.8 Å². The fourth-order valence-corrected chi connectivity index (χ4v) is 4.87. The third-order valence-electron chi connectivity index (χ3n) is 7.42. The lowest BCUT2D eigenvalue weighted by atomic mass is 9.80. The number of rotatable bonds is 14. The van der Waals surface area contributed by atoms with Crippen molar-refractivity contribution < 1.29 is 45.8 Å². The maximum atomic E-state index is 14.3. The third kappa shape index (κ3) is 9.16. The van der Waals surface area contributed by atoms with E-state index in [1.807, 2.05) is 24.3 Å². The second kappa shape index (κ2) is 14.7. The molecule has 0 heterocycles. The number of hydrogen-bond donors (Lipinski definition) is 2. The fraction of sp³-hybridized carbons (Fsp3) is 0.452. The number of likely N-dealkylation sites (N-methyl/N-ethyl adjacent to an activating group) is 1. The molecule has 0 aliphatic rings. The lowest BCUT2D eigenvalue weighted by Crippen LogP contribution is -2.54. The molecule has 2 aromatic rings. The summed E-state index contributed by atoms with van der Waals surface area (Å²) in [6, 6.07) is 9.79. The molecule has 236 valence electrons. The van der Waals surface area contributed by atoms with Crippen molar-refractivity contribution >= 4 is 23.7 Å². The highest BCUT2D eigenvalue weighted by Gasteiger charge is 2.58. The van der Waals surface area contributed by atoms with E-state index in [4.69, 9.17) is 0 Å². The Morgan fingerprint density at radius 1 is 0.930 bits per heavy atom. The summed E-state index contributed by atoms with van der Waals surface area (Å²) in [4.78, 5) is 38.5. The Hall–Kier alpha value is -3.67. The van der Waals surface area contributed by atoms with Gasteiger partial charge in [0.1, 0.15) is 17.7 Å². The third-order valence-corrected chi connectivity index (χ3v) is 7.42. The average molecular weight is 615 g/mol. The van der Waals surface area contributed by atoms with Crippen LogP contribution in [0.4, 0.5) is 26.3 Å². The van der Waals surface area contributed by atoms with E-state index >= 15 is 0 Å². The van der Waals surface area contributed by atoms with Crippen molar-refractivity contribution in [1.29, 1.82) is 0 Å². The lowest BCUT2D eigenvalue weighted by Gasteiger charge is -2.33. The van der Waals surface area contributed by atoms with Gasteiger partial charge in [0.2, 0.25) is 5.91 Å². The first-order valence-corrected chi connectivity index (χ1v) is 13.7. The molecule has 12 heteroatoms. The largest absolute Gasteiger partial charge is 0.480 e. The van der Waals surface area contributed by atoms with Crippen molar-refractivity contribution in [2.45, 2.75) is 64.3 Å². The van der Waals surface area contributed by atoms with Gasteiger partial charge in [-0.3, -0.25) is 9.59 Å². The minimum absolute atomic E-state index is 0.133. The summed E-state index contributed by atoms with van der Waals surface area (Å²) in [5, 5.41) is 11.6. The fourth-order valence-electron chi connectivity index (χ4n) is 4.87. The first kappa shape index (κ1) is 35.5. The second-order valence-electron chi connectivity index (χ2n) is 10.6. The van der Waals surface area contributed by atoms with E-state index in [0.717, 1.165) is 0 Å². The highest BCUT2D eigenvalue weighted by atomic mass is 19.4. The van der Waals surface area contributed by atoms with E-state index in [2.05, 4.69) is 0 Å². The number of aliphatic carboxylic acids is 1. The zero-order valence-corrected chi connectivity index (χ0v) is 24.4. The smallest absolute Gasteiger partial charge is 0.417 e. The monoisotopic (exact) mass is 614 g/mol. The molecule has 0 fully saturated rings. The van der Waals surface area contributed by atoms with Crippen LogP contribution in [0.15, 0.2) is 54.1 Å². The van der Waals surface area contributed by atoms with Gasteiger partial charge >= 0.3 is 18.3 Å². The molecule has 1 atom stereocenters. The molecule has 1 amide bonds. The number of carbonyl (C=O) groups is 3. The predicted molar refractivity (Wildman–Crippen MR) is 150 cm³/mol. The van der Waals surface area contributed by atoms with Gasteiger partial charge in [0.25, 0.3) is 0 Å². The normalized spacial score (nSPS) is 13.8. The number of alkyl halides is 6. The molecule has 0 saturated heterocycles.